The van der Waals surface area contributed by atoms with Crippen LogP contribution in [0.4, 0.5) is 11.4 Å². The number of ether oxygens (including phenoxy) is 6. The molecule has 0 amide bonds. The van der Waals surface area contributed by atoms with E-state index in [2.05, 4.69) is 0 Å². The maximum Gasteiger partial charge on any atom is 0.303 e. The number of hydrogen-bond donors (Lipinski definition) is 1. The minimum absolute atomic E-state index is 0.489. The lowest BCUT2D eigenvalue weighted by molar-refractivity contribution is -0.396. The monoisotopic (exact) mass is 621 g/mol. The molecule has 0 bridgehead atoms. The standard InChI is InChI=1S/C22H27N3O16S/c1-11(26)37-10-17-19(38-12(2)27)20(39-13(3)28)21(40-14(4)29)22(41-17)36-8-7-23-42(34,35)18-6-5-15(24(30)31)9-16(18)25(32)33/h5-6,9,17,19-23H,7-8,10H2,1-4H3/t17-,19-,20+,21-,22-/m1/s1. The first kappa shape index (κ1) is 33.9. The lowest BCUT2D eigenvalue weighted by Gasteiger charge is -2.44. The molecule has 232 valence electrons. The molecular formula is C22H27N3O16S. The topological polar surface area (TPSA) is 256 Å². The number of rotatable bonds is 13. The highest BCUT2D eigenvalue weighted by atomic mass is 32.2. The van der Waals surface area contributed by atoms with E-state index in [9.17, 15) is 47.8 Å². The second-order valence-corrected chi connectivity index (χ2v) is 10.2. The van der Waals surface area contributed by atoms with Crippen LogP contribution >= 0.6 is 0 Å². The summed E-state index contributed by atoms with van der Waals surface area (Å²) >= 11 is 0. The first-order valence-corrected chi connectivity index (χ1v) is 13.4. The van der Waals surface area contributed by atoms with Crippen LogP contribution in [0, 0.1) is 20.2 Å². The number of non-ortho nitro benzene ring substituents is 1. The van der Waals surface area contributed by atoms with Crippen molar-refractivity contribution >= 4 is 45.3 Å². The van der Waals surface area contributed by atoms with Gasteiger partial charge < -0.3 is 28.4 Å². The number of nitrogens with one attached hydrogen (secondary N) is 1. The van der Waals surface area contributed by atoms with E-state index in [0.29, 0.717) is 12.1 Å². The van der Waals surface area contributed by atoms with Crippen LogP contribution < -0.4 is 4.72 Å². The molecule has 0 aliphatic carbocycles. The van der Waals surface area contributed by atoms with Crippen molar-refractivity contribution in [3.05, 3.63) is 38.4 Å². The molecule has 1 N–H and O–H groups in total. The number of esters is 4. The summed E-state index contributed by atoms with van der Waals surface area (Å²) in [5, 5.41) is 22.3. The zero-order valence-electron chi connectivity index (χ0n) is 22.6. The van der Waals surface area contributed by atoms with Crippen molar-refractivity contribution in [2.45, 2.75) is 63.3 Å². The van der Waals surface area contributed by atoms with E-state index in [1.807, 2.05) is 4.72 Å². The van der Waals surface area contributed by atoms with E-state index in [1.165, 1.54) is 0 Å². The van der Waals surface area contributed by atoms with Gasteiger partial charge >= 0.3 is 23.9 Å². The van der Waals surface area contributed by atoms with Crippen molar-refractivity contribution in [3.63, 3.8) is 0 Å². The van der Waals surface area contributed by atoms with Gasteiger partial charge in [-0.15, -0.1) is 0 Å². The minimum atomic E-state index is -4.60. The number of benzene rings is 1. The zero-order chi connectivity index (χ0) is 31.8. The summed E-state index contributed by atoms with van der Waals surface area (Å²) in [6.45, 7) is 2.56. The summed E-state index contributed by atoms with van der Waals surface area (Å²) < 4.78 is 59.3. The van der Waals surface area contributed by atoms with E-state index in [-0.39, 0.29) is 0 Å². The van der Waals surface area contributed by atoms with Crippen molar-refractivity contribution in [2.75, 3.05) is 19.8 Å². The fraction of sp³-hybridized carbons (Fsp3) is 0.545. The van der Waals surface area contributed by atoms with Gasteiger partial charge in [-0.2, -0.15) is 0 Å². The Morgan fingerprint density at radius 1 is 0.881 bits per heavy atom. The van der Waals surface area contributed by atoms with Gasteiger partial charge in [0, 0.05) is 40.3 Å². The molecule has 2 rings (SSSR count). The van der Waals surface area contributed by atoms with E-state index in [4.69, 9.17) is 28.4 Å². The summed E-state index contributed by atoms with van der Waals surface area (Å²) in [5.41, 5.74) is -1.75. The Bertz CT molecular complexity index is 1330. The Hall–Kier alpha value is -4.27. The van der Waals surface area contributed by atoms with Gasteiger partial charge in [-0.3, -0.25) is 39.4 Å². The van der Waals surface area contributed by atoms with E-state index in [0.717, 1.165) is 33.8 Å². The molecule has 5 atom stereocenters. The number of nitro benzene ring substituents is 2. The zero-order valence-corrected chi connectivity index (χ0v) is 23.4. The van der Waals surface area contributed by atoms with Crippen LogP contribution in [0.2, 0.25) is 0 Å². The lowest BCUT2D eigenvalue weighted by Crippen LogP contribution is -2.63. The van der Waals surface area contributed by atoms with Crippen LogP contribution in [0.5, 0.6) is 0 Å². The third-order valence-electron chi connectivity index (χ3n) is 5.26. The highest BCUT2D eigenvalue weighted by Crippen LogP contribution is 2.30. The normalized spacial score (nSPS) is 22.0. The van der Waals surface area contributed by atoms with Gasteiger partial charge in [0.05, 0.1) is 22.5 Å². The number of nitro groups is 2. The number of nitrogens with zero attached hydrogens (tertiary/aromatic N) is 2. The van der Waals surface area contributed by atoms with Gasteiger partial charge in [-0.1, -0.05) is 0 Å². The molecule has 0 spiro atoms. The lowest BCUT2D eigenvalue weighted by atomic mass is 9.98. The summed E-state index contributed by atoms with van der Waals surface area (Å²) in [6, 6.07) is 1.96. The molecule has 1 aromatic carbocycles. The molecule has 1 aliphatic heterocycles. The molecule has 42 heavy (non-hydrogen) atoms. The highest BCUT2D eigenvalue weighted by molar-refractivity contribution is 7.89. The molecule has 0 unspecified atom stereocenters. The first-order chi connectivity index (χ1) is 19.5. The fourth-order valence-corrected chi connectivity index (χ4v) is 4.90. The Morgan fingerprint density at radius 2 is 1.45 bits per heavy atom. The van der Waals surface area contributed by atoms with Gasteiger partial charge in [-0.05, 0) is 6.07 Å². The number of carbonyl (C=O) groups excluding carboxylic acids is 4. The van der Waals surface area contributed by atoms with E-state index < -0.39 is 110 Å². The maximum atomic E-state index is 12.7. The number of sulfonamides is 1. The Balaban J connectivity index is 2.29. The second-order valence-electron chi connectivity index (χ2n) is 8.50. The number of hydrogen-bond acceptors (Lipinski definition) is 16. The Morgan fingerprint density at radius 3 is 1.98 bits per heavy atom. The predicted octanol–water partition coefficient (Wildman–Crippen LogP) is -0.119. The van der Waals surface area contributed by atoms with Crippen LogP contribution in [0.15, 0.2) is 23.1 Å². The molecule has 0 aromatic heterocycles. The predicted molar refractivity (Wildman–Crippen MR) is 133 cm³/mol. The van der Waals surface area contributed by atoms with Crippen molar-refractivity contribution < 1.29 is 65.9 Å². The average Bonchev–Trinajstić information content (AvgIpc) is 2.87. The number of carbonyl (C=O) groups is 4. The third-order valence-corrected chi connectivity index (χ3v) is 6.77. The first-order valence-electron chi connectivity index (χ1n) is 11.9. The van der Waals surface area contributed by atoms with E-state index >= 15 is 0 Å². The van der Waals surface area contributed by atoms with Crippen LogP contribution in [-0.2, 0) is 57.6 Å². The molecule has 1 saturated heterocycles. The molecule has 1 fully saturated rings. The van der Waals surface area contributed by atoms with Crippen LogP contribution in [0.1, 0.15) is 27.7 Å². The van der Waals surface area contributed by atoms with Crippen molar-refractivity contribution in [1.82, 2.24) is 4.72 Å². The van der Waals surface area contributed by atoms with Gasteiger partial charge in [0.15, 0.2) is 29.5 Å². The Kier molecular flexibility index (Phi) is 11.8. The second kappa shape index (κ2) is 14.6. The molecule has 0 saturated carbocycles. The van der Waals surface area contributed by atoms with Gasteiger partial charge in [0.1, 0.15) is 12.7 Å². The summed E-state index contributed by atoms with van der Waals surface area (Å²) in [6.07, 6.45) is -7.41. The molecule has 19 nitrogen and oxygen atoms in total. The largest absolute Gasteiger partial charge is 0.463 e. The van der Waals surface area contributed by atoms with Crippen molar-refractivity contribution in [3.8, 4) is 0 Å². The molecule has 20 heteroatoms. The van der Waals surface area contributed by atoms with Gasteiger partial charge in [0.25, 0.3) is 11.4 Å². The third kappa shape index (κ3) is 9.39. The summed E-state index contributed by atoms with van der Waals surface area (Å²) in [4.78, 5) is 66.2. The van der Waals surface area contributed by atoms with Gasteiger partial charge in [-0.25, -0.2) is 13.1 Å². The maximum absolute atomic E-state index is 12.7. The Labute approximate surface area is 237 Å². The molecular weight excluding hydrogens is 594 g/mol. The van der Waals surface area contributed by atoms with Crippen LogP contribution in [0.3, 0.4) is 0 Å². The van der Waals surface area contributed by atoms with Gasteiger partial charge in [0.2, 0.25) is 10.0 Å². The minimum Gasteiger partial charge on any atom is -0.463 e. The fourth-order valence-electron chi connectivity index (χ4n) is 3.74. The van der Waals surface area contributed by atoms with E-state index in [1.54, 1.807) is 0 Å². The molecule has 0 radical (unpaired) electrons. The smallest absolute Gasteiger partial charge is 0.303 e. The summed E-state index contributed by atoms with van der Waals surface area (Å²) in [5.74, 6) is -3.35. The highest BCUT2D eigenvalue weighted by Gasteiger charge is 2.52. The SMILES string of the molecule is CC(=O)OC[C@H]1O[C@@H](OCCNS(=O)(=O)c2ccc([N+](=O)[O-])cc2[N+](=O)[O-])[C@H](OC(C)=O)[C@@H](OC(C)=O)[C@@H]1OC(C)=O. The summed E-state index contributed by atoms with van der Waals surface area (Å²) in [7, 11) is -4.60. The molecule has 1 aliphatic rings. The average molecular weight is 622 g/mol. The van der Waals surface area contributed by atoms with Crippen LogP contribution in [-0.4, -0.2) is 92.6 Å². The molecule has 1 aromatic rings. The quantitative estimate of drug-likeness (QED) is 0.0989. The van der Waals surface area contributed by atoms with Crippen LogP contribution in [0.25, 0.3) is 0 Å². The van der Waals surface area contributed by atoms with Crippen molar-refractivity contribution in [1.29, 1.82) is 0 Å². The molecule has 1 heterocycles. The van der Waals surface area contributed by atoms with Crippen molar-refractivity contribution in [2.24, 2.45) is 0 Å².